The third-order valence-corrected chi connectivity index (χ3v) is 6.08. The zero-order valence-corrected chi connectivity index (χ0v) is 18.7. The van der Waals surface area contributed by atoms with Crippen LogP contribution in [0.4, 0.5) is 0 Å². The lowest BCUT2D eigenvalue weighted by Crippen LogP contribution is -2.30. The molecular weight excluding hydrogens is 396 g/mol. The second kappa shape index (κ2) is 8.02. The minimum absolute atomic E-state index is 0.100. The van der Waals surface area contributed by atoms with Crippen LogP contribution < -0.4 is 5.32 Å². The van der Waals surface area contributed by atoms with Gasteiger partial charge in [0.25, 0.3) is 5.91 Å². The number of nitrogens with zero attached hydrogens (tertiary/aromatic N) is 5. The minimum Gasteiger partial charge on any atom is -0.352 e. The average molecular weight is 423 g/mol. The maximum atomic E-state index is 13.2. The van der Waals surface area contributed by atoms with E-state index >= 15 is 0 Å². The Labute approximate surface area is 179 Å². The van der Waals surface area contributed by atoms with Crippen molar-refractivity contribution in [1.29, 1.82) is 0 Å². The summed E-state index contributed by atoms with van der Waals surface area (Å²) in [5, 5.41) is 14.9. The van der Waals surface area contributed by atoms with Crippen LogP contribution in [0.15, 0.2) is 29.6 Å². The molecule has 0 aliphatic carbocycles. The Hall–Kier alpha value is -3.00. The van der Waals surface area contributed by atoms with Crippen LogP contribution in [0.2, 0.25) is 0 Å². The third-order valence-electron chi connectivity index (χ3n) is 5.19. The number of carbonyl (C=O) groups excluding carboxylic acids is 1. The molecule has 0 bridgehead atoms. The van der Waals surface area contributed by atoms with Gasteiger partial charge in [-0.1, -0.05) is 13.0 Å². The Balaban J connectivity index is 1.58. The van der Waals surface area contributed by atoms with Gasteiger partial charge in [-0.2, -0.15) is 10.2 Å². The van der Waals surface area contributed by atoms with Gasteiger partial charge in [0.2, 0.25) is 0 Å². The highest BCUT2D eigenvalue weighted by atomic mass is 32.1. The predicted octanol–water partition coefficient (Wildman–Crippen LogP) is 3.88. The Morgan fingerprint density at radius 3 is 2.70 bits per heavy atom. The lowest BCUT2D eigenvalue weighted by Gasteiger charge is -2.15. The first-order valence-electron chi connectivity index (χ1n) is 10.0. The molecule has 156 valence electrons. The maximum Gasteiger partial charge on any atom is 0.252 e. The molecule has 1 amide bonds. The van der Waals surface area contributed by atoms with Crippen LogP contribution in [0.1, 0.15) is 34.4 Å². The van der Waals surface area contributed by atoms with Gasteiger partial charge in [0, 0.05) is 25.8 Å². The van der Waals surface area contributed by atoms with Gasteiger partial charge in [0.15, 0.2) is 5.65 Å². The molecule has 0 aromatic carbocycles. The molecular formula is C22H26N6OS. The van der Waals surface area contributed by atoms with Crippen molar-refractivity contribution in [2.45, 2.75) is 34.2 Å². The number of nitrogens with one attached hydrogen (secondary N) is 1. The molecule has 0 spiro atoms. The van der Waals surface area contributed by atoms with Gasteiger partial charge in [-0.3, -0.25) is 14.2 Å². The van der Waals surface area contributed by atoms with Crippen LogP contribution in [0.25, 0.3) is 21.6 Å². The summed E-state index contributed by atoms with van der Waals surface area (Å²) in [6.45, 7) is 9.40. The molecule has 0 fully saturated rings. The first kappa shape index (κ1) is 20.3. The summed E-state index contributed by atoms with van der Waals surface area (Å²) in [7, 11) is 1.86. The summed E-state index contributed by atoms with van der Waals surface area (Å²) in [4.78, 5) is 19.0. The molecule has 1 N–H and O–H groups in total. The van der Waals surface area contributed by atoms with Gasteiger partial charge in [-0.25, -0.2) is 4.98 Å². The number of pyridine rings is 1. The van der Waals surface area contributed by atoms with Crippen molar-refractivity contribution in [3.05, 3.63) is 52.3 Å². The van der Waals surface area contributed by atoms with Crippen molar-refractivity contribution >= 4 is 28.3 Å². The number of aromatic nitrogens is 5. The Morgan fingerprint density at radius 1 is 1.23 bits per heavy atom. The normalized spacial score (nSPS) is 12.4. The predicted molar refractivity (Wildman–Crippen MR) is 120 cm³/mol. The number of amides is 1. The van der Waals surface area contributed by atoms with Gasteiger partial charge in [-0.05, 0) is 50.3 Å². The second-order valence-electron chi connectivity index (χ2n) is 7.86. The largest absolute Gasteiger partial charge is 0.352 e. The molecule has 0 aliphatic heterocycles. The van der Waals surface area contributed by atoms with Crippen LogP contribution in [-0.4, -0.2) is 37.0 Å². The van der Waals surface area contributed by atoms with Crippen molar-refractivity contribution in [2.75, 3.05) is 6.54 Å². The van der Waals surface area contributed by atoms with E-state index < -0.39 is 0 Å². The number of aryl methyl sites for hydroxylation is 4. The molecule has 0 radical (unpaired) electrons. The van der Waals surface area contributed by atoms with E-state index in [2.05, 4.69) is 35.4 Å². The summed E-state index contributed by atoms with van der Waals surface area (Å²) < 4.78 is 3.74. The summed E-state index contributed by atoms with van der Waals surface area (Å²) >= 11 is 1.61. The first-order valence-corrected chi connectivity index (χ1v) is 10.9. The van der Waals surface area contributed by atoms with Gasteiger partial charge in [0.05, 0.1) is 32.9 Å². The Morgan fingerprint density at radius 2 is 2.03 bits per heavy atom. The van der Waals surface area contributed by atoms with Gasteiger partial charge >= 0.3 is 0 Å². The fourth-order valence-electron chi connectivity index (χ4n) is 3.76. The van der Waals surface area contributed by atoms with E-state index in [1.807, 2.05) is 49.2 Å². The highest BCUT2D eigenvalue weighted by Crippen LogP contribution is 2.29. The molecule has 4 rings (SSSR count). The monoisotopic (exact) mass is 422 g/mol. The van der Waals surface area contributed by atoms with E-state index in [1.54, 1.807) is 16.0 Å². The van der Waals surface area contributed by atoms with Crippen LogP contribution in [0, 0.1) is 26.7 Å². The SMILES string of the molecule is Cc1cc(C)n(CC(C)CNC(=O)c2cc(-c3cccs3)nc3c2c(C)nn3C)n1. The Bertz CT molecular complexity index is 1200. The second-order valence-corrected chi connectivity index (χ2v) is 8.81. The van der Waals surface area contributed by atoms with E-state index in [0.717, 1.165) is 45.2 Å². The molecule has 0 saturated carbocycles. The molecule has 4 aromatic rings. The standard InChI is InChI=1S/C22H26N6OS/c1-13(12-28-15(3)9-14(2)25-28)11-23-22(29)17-10-18(19-7-6-8-30-19)24-21-20(17)16(4)26-27(21)5/h6-10,13H,11-12H2,1-5H3,(H,23,29). The fourth-order valence-corrected chi connectivity index (χ4v) is 4.44. The molecule has 30 heavy (non-hydrogen) atoms. The number of carbonyl (C=O) groups is 1. The number of hydrogen-bond acceptors (Lipinski definition) is 5. The van der Waals surface area contributed by atoms with Crippen molar-refractivity contribution in [1.82, 2.24) is 29.9 Å². The van der Waals surface area contributed by atoms with Gasteiger partial charge < -0.3 is 5.32 Å². The first-order chi connectivity index (χ1) is 14.3. The molecule has 4 heterocycles. The summed E-state index contributed by atoms with van der Waals surface area (Å²) in [5.74, 6) is 0.146. The van der Waals surface area contributed by atoms with Crippen LogP contribution in [-0.2, 0) is 13.6 Å². The van der Waals surface area contributed by atoms with E-state index in [0.29, 0.717) is 12.1 Å². The summed E-state index contributed by atoms with van der Waals surface area (Å²) in [6.07, 6.45) is 0. The van der Waals surface area contributed by atoms with Gasteiger partial charge in [0.1, 0.15) is 0 Å². The number of thiophene rings is 1. The highest BCUT2D eigenvalue weighted by Gasteiger charge is 2.20. The number of rotatable bonds is 6. The molecule has 1 unspecified atom stereocenters. The number of hydrogen-bond donors (Lipinski definition) is 1. The average Bonchev–Trinajstić information content (AvgIpc) is 3.40. The lowest BCUT2D eigenvalue weighted by molar-refractivity contribution is 0.0948. The van der Waals surface area contributed by atoms with E-state index in [9.17, 15) is 4.79 Å². The van der Waals surface area contributed by atoms with Crippen molar-refractivity contribution in [3.8, 4) is 10.6 Å². The van der Waals surface area contributed by atoms with Crippen molar-refractivity contribution < 1.29 is 4.79 Å². The molecule has 8 heteroatoms. The van der Waals surface area contributed by atoms with Crippen LogP contribution >= 0.6 is 11.3 Å². The molecule has 1 atom stereocenters. The van der Waals surface area contributed by atoms with Gasteiger partial charge in [-0.15, -0.1) is 11.3 Å². The summed E-state index contributed by atoms with van der Waals surface area (Å²) in [5.41, 5.74) is 5.08. The quantitative estimate of drug-likeness (QED) is 0.511. The third kappa shape index (κ3) is 3.87. The maximum absolute atomic E-state index is 13.2. The fraction of sp³-hybridized carbons (Fsp3) is 0.364. The Kier molecular flexibility index (Phi) is 5.42. The summed E-state index contributed by atoms with van der Waals surface area (Å²) in [6, 6.07) is 7.95. The topological polar surface area (TPSA) is 77.6 Å². The van der Waals surface area contributed by atoms with E-state index in [-0.39, 0.29) is 11.8 Å². The molecule has 0 saturated heterocycles. The van der Waals surface area contributed by atoms with E-state index in [4.69, 9.17) is 4.98 Å². The highest BCUT2D eigenvalue weighted by molar-refractivity contribution is 7.13. The molecule has 7 nitrogen and oxygen atoms in total. The van der Waals surface area contributed by atoms with Crippen LogP contribution in [0.5, 0.6) is 0 Å². The smallest absolute Gasteiger partial charge is 0.252 e. The lowest BCUT2D eigenvalue weighted by atomic mass is 10.1. The van der Waals surface area contributed by atoms with E-state index in [1.165, 1.54) is 0 Å². The molecule has 4 aromatic heterocycles. The number of fused-ring (bicyclic) bond motifs is 1. The zero-order chi connectivity index (χ0) is 21.4. The minimum atomic E-state index is -0.100. The van der Waals surface area contributed by atoms with Crippen LogP contribution in [0.3, 0.4) is 0 Å². The zero-order valence-electron chi connectivity index (χ0n) is 17.9. The van der Waals surface area contributed by atoms with Crippen molar-refractivity contribution in [2.24, 2.45) is 13.0 Å². The van der Waals surface area contributed by atoms with Crippen molar-refractivity contribution in [3.63, 3.8) is 0 Å². The molecule has 0 aliphatic rings.